The summed E-state index contributed by atoms with van der Waals surface area (Å²) in [6, 6.07) is 8.04. The summed E-state index contributed by atoms with van der Waals surface area (Å²) in [5, 5.41) is 8.50. The second kappa shape index (κ2) is 9.26. The first kappa shape index (κ1) is 19.7. The minimum absolute atomic E-state index is 0.0366. The van der Waals surface area contributed by atoms with Crippen molar-refractivity contribution in [1.29, 1.82) is 0 Å². The quantitative estimate of drug-likeness (QED) is 0.385. The topological polar surface area (TPSA) is 87.3 Å². The third-order valence-electron chi connectivity index (χ3n) is 5.26. The lowest BCUT2D eigenvalue weighted by Crippen LogP contribution is -2.54. The van der Waals surface area contributed by atoms with Crippen LogP contribution in [0.5, 0.6) is 0 Å². The van der Waals surface area contributed by atoms with Crippen LogP contribution in [-0.2, 0) is 14.4 Å². The molecule has 4 atom stereocenters. The average molecular weight is 390 g/mol. The van der Waals surface area contributed by atoms with E-state index < -0.39 is 12.1 Å². The molecule has 2 aliphatic rings. The molecule has 2 fully saturated rings. The van der Waals surface area contributed by atoms with Gasteiger partial charge in [0.1, 0.15) is 12.1 Å². The van der Waals surface area contributed by atoms with E-state index in [1.54, 1.807) is 0 Å². The summed E-state index contributed by atoms with van der Waals surface area (Å²) in [4.78, 5) is 37.2. The van der Waals surface area contributed by atoms with Crippen LogP contribution in [0.4, 0.5) is 5.69 Å². The Morgan fingerprint density at radius 3 is 2.63 bits per heavy atom. The lowest BCUT2D eigenvalue weighted by atomic mass is 10.0. The Kier molecular flexibility index (Phi) is 6.77. The lowest BCUT2D eigenvalue weighted by molar-refractivity contribution is -0.133. The highest BCUT2D eigenvalue weighted by molar-refractivity contribution is 7.80. The maximum Gasteiger partial charge on any atom is 0.246 e. The summed E-state index contributed by atoms with van der Waals surface area (Å²) in [6.07, 6.45) is 4.86. The van der Waals surface area contributed by atoms with Gasteiger partial charge in [-0.05, 0) is 49.5 Å². The molecule has 3 amide bonds. The molecule has 1 saturated carbocycles. The number of thiol groups is 1. The molecule has 0 bridgehead atoms. The summed E-state index contributed by atoms with van der Waals surface area (Å²) in [6.45, 7) is 0. The van der Waals surface area contributed by atoms with Gasteiger partial charge in [0, 0.05) is 11.6 Å². The molecule has 7 heteroatoms. The molecule has 3 rings (SSSR count). The van der Waals surface area contributed by atoms with Gasteiger partial charge < -0.3 is 16.0 Å². The van der Waals surface area contributed by atoms with Gasteiger partial charge >= 0.3 is 0 Å². The maximum atomic E-state index is 12.7. The van der Waals surface area contributed by atoms with E-state index in [1.165, 1.54) is 0 Å². The van der Waals surface area contributed by atoms with Crippen LogP contribution in [0, 0.1) is 11.8 Å². The van der Waals surface area contributed by atoms with Crippen molar-refractivity contribution in [2.45, 2.75) is 50.6 Å². The molecule has 1 aromatic carbocycles. The van der Waals surface area contributed by atoms with Gasteiger partial charge in [-0.2, -0.15) is 12.6 Å². The molecular formula is C20H27N3O3S. The van der Waals surface area contributed by atoms with Crippen LogP contribution in [0.1, 0.15) is 38.5 Å². The number of hydrogen-bond donors (Lipinski definition) is 4. The highest BCUT2D eigenvalue weighted by Crippen LogP contribution is 2.44. The number of fused-ring (bicyclic) bond motifs is 1. The standard InChI is InChI=1S/C20H27N3O3S/c24-18-15-11-13(15)12-17(23-18)20(26)22-16(9-5-2-6-10-27)19(25)21-14-7-3-1-4-8-14/h1,3-4,7-8,13,15-17,27H,2,5-6,9-12H2,(H,21,25)(H,22,26)(H,23,24)/t13?,15-,16-,17?/m0/s1. The van der Waals surface area contributed by atoms with Crippen LogP contribution in [0.25, 0.3) is 0 Å². The molecule has 27 heavy (non-hydrogen) atoms. The molecule has 0 aromatic heterocycles. The monoisotopic (exact) mass is 389 g/mol. The van der Waals surface area contributed by atoms with Gasteiger partial charge in [0.15, 0.2) is 0 Å². The minimum atomic E-state index is -0.619. The third-order valence-corrected chi connectivity index (χ3v) is 5.57. The number of anilines is 1. The Labute approximate surface area is 165 Å². The van der Waals surface area contributed by atoms with Crippen molar-refractivity contribution in [3.05, 3.63) is 30.3 Å². The molecule has 1 heterocycles. The summed E-state index contributed by atoms with van der Waals surface area (Å²) >= 11 is 4.21. The molecule has 2 unspecified atom stereocenters. The van der Waals surface area contributed by atoms with Crippen LogP contribution < -0.4 is 16.0 Å². The maximum absolute atomic E-state index is 12.7. The zero-order chi connectivity index (χ0) is 19.2. The molecule has 1 saturated heterocycles. The molecule has 1 aromatic rings. The largest absolute Gasteiger partial charge is 0.344 e. The zero-order valence-electron chi connectivity index (χ0n) is 15.3. The molecule has 3 N–H and O–H groups in total. The predicted molar refractivity (Wildman–Crippen MR) is 107 cm³/mol. The van der Waals surface area contributed by atoms with Crippen molar-refractivity contribution in [2.75, 3.05) is 11.1 Å². The van der Waals surface area contributed by atoms with Crippen molar-refractivity contribution in [1.82, 2.24) is 10.6 Å². The van der Waals surface area contributed by atoms with Gasteiger partial charge in [-0.1, -0.05) is 31.0 Å². The van der Waals surface area contributed by atoms with Crippen LogP contribution in [-0.4, -0.2) is 35.6 Å². The van der Waals surface area contributed by atoms with Crippen molar-refractivity contribution >= 4 is 36.0 Å². The predicted octanol–water partition coefficient (Wildman–Crippen LogP) is 2.12. The summed E-state index contributed by atoms with van der Waals surface area (Å²) in [5.41, 5.74) is 0.698. The van der Waals surface area contributed by atoms with E-state index in [0.717, 1.165) is 31.4 Å². The number of amides is 3. The molecular weight excluding hydrogens is 362 g/mol. The third kappa shape index (κ3) is 5.48. The van der Waals surface area contributed by atoms with Crippen LogP contribution in [0.3, 0.4) is 0 Å². The second-order valence-corrected chi connectivity index (χ2v) is 7.84. The Hall–Kier alpha value is -2.02. The van der Waals surface area contributed by atoms with Gasteiger partial charge in [-0.3, -0.25) is 14.4 Å². The Bertz CT molecular complexity index is 682. The fourth-order valence-corrected chi connectivity index (χ4v) is 3.79. The van der Waals surface area contributed by atoms with Gasteiger partial charge in [-0.15, -0.1) is 0 Å². The summed E-state index contributed by atoms with van der Waals surface area (Å²) < 4.78 is 0. The first-order valence-electron chi connectivity index (χ1n) is 9.66. The van der Waals surface area contributed by atoms with E-state index in [2.05, 4.69) is 28.6 Å². The van der Waals surface area contributed by atoms with Crippen molar-refractivity contribution in [3.8, 4) is 0 Å². The highest BCUT2D eigenvalue weighted by atomic mass is 32.1. The number of carbonyl (C=O) groups is 3. The van der Waals surface area contributed by atoms with Crippen molar-refractivity contribution in [3.63, 3.8) is 0 Å². The van der Waals surface area contributed by atoms with Crippen molar-refractivity contribution in [2.24, 2.45) is 11.8 Å². The van der Waals surface area contributed by atoms with Crippen molar-refractivity contribution < 1.29 is 14.4 Å². The van der Waals surface area contributed by atoms with E-state index in [0.29, 0.717) is 24.4 Å². The normalized spacial score (nSPS) is 24.3. The first-order valence-corrected chi connectivity index (χ1v) is 10.3. The van der Waals surface area contributed by atoms with E-state index in [1.807, 2.05) is 30.3 Å². The van der Waals surface area contributed by atoms with Gasteiger partial charge in [0.2, 0.25) is 17.7 Å². The van der Waals surface area contributed by atoms with Crippen LogP contribution in [0.15, 0.2) is 30.3 Å². The van der Waals surface area contributed by atoms with Gasteiger partial charge in [0.25, 0.3) is 0 Å². The smallest absolute Gasteiger partial charge is 0.246 e. The number of nitrogens with one attached hydrogen (secondary N) is 3. The average Bonchev–Trinajstić information content (AvgIpc) is 3.45. The molecule has 0 radical (unpaired) electrons. The Balaban J connectivity index is 1.58. The molecule has 146 valence electrons. The second-order valence-electron chi connectivity index (χ2n) is 7.39. The number of piperidine rings is 1. The minimum Gasteiger partial charge on any atom is -0.344 e. The van der Waals surface area contributed by atoms with Crippen LogP contribution >= 0.6 is 12.6 Å². The van der Waals surface area contributed by atoms with Gasteiger partial charge in [0.05, 0.1) is 0 Å². The molecule has 1 aliphatic carbocycles. The summed E-state index contributed by atoms with van der Waals surface area (Å²) in [5.74, 6) is 0.687. The van der Waals surface area contributed by atoms with Crippen LogP contribution in [0.2, 0.25) is 0 Å². The number of carbonyl (C=O) groups excluding carboxylic acids is 3. The summed E-state index contributed by atoms with van der Waals surface area (Å²) in [7, 11) is 0. The lowest BCUT2D eigenvalue weighted by Gasteiger charge is -2.25. The van der Waals surface area contributed by atoms with E-state index in [9.17, 15) is 14.4 Å². The SMILES string of the molecule is O=C(N[C@@H](CCCCCS)C(=O)Nc1ccccc1)C1CC2C[C@@H]2C(=O)N1. The van der Waals surface area contributed by atoms with E-state index in [4.69, 9.17) is 0 Å². The van der Waals surface area contributed by atoms with E-state index >= 15 is 0 Å². The number of para-hydroxylation sites is 1. The first-order chi connectivity index (χ1) is 13.1. The fraction of sp³-hybridized carbons (Fsp3) is 0.550. The number of hydrogen-bond acceptors (Lipinski definition) is 4. The zero-order valence-corrected chi connectivity index (χ0v) is 16.2. The molecule has 0 spiro atoms. The number of benzene rings is 1. The number of unbranched alkanes of at least 4 members (excludes halogenated alkanes) is 2. The van der Waals surface area contributed by atoms with Gasteiger partial charge in [-0.25, -0.2) is 0 Å². The Morgan fingerprint density at radius 2 is 1.93 bits per heavy atom. The van der Waals surface area contributed by atoms with E-state index in [-0.39, 0.29) is 23.6 Å². The molecule has 6 nitrogen and oxygen atoms in total. The fourth-order valence-electron chi connectivity index (χ4n) is 3.57. The number of rotatable bonds is 9. The molecule has 1 aliphatic heterocycles. The highest BCUT2D eigenvalue weighted by Gasteiger charge is 2.49. The Morgan fingerprint density at radius 1 is 1.15 bits per heavy atom.